The van der Waals surface area contributed by atoms with Gasteiger partial charge in [0.2, 0.25) is 5.95 Å². The Morgan fingerprint density at radius 1 is 1.09 bits per heavy atom. The van der Waals surface area contributed by atoms with Crippen molar-refractivity contribution >= 4 is 91.0 Å². The summed E-state index contributed by atoms with van der Waals surface area (Å²) in [4.78, 5) is 39.7. The number of imide groups is 1. The van der Waals surface area contributed by atoms with Gasteiger partial charge < -0.3 is 10.2 Å². The highest BCUT2D eigenvalue weighted by molar-refractivity contribution is 14.1. The molecule has 11 heteroatoms. The number of nitrogens with zero attached hydrogens (tertiary/aromatic N) is 4. The first-order valence-corrected chi connectivity index (χ1v) is 14.4. The number of alkyl halides is 2. The van der Waals surface area contributed by atoms with E-state index in [9.17, 15) is 9.59 Å². The Morgan fingerprint density at radius 2 is 1.89 bits per heavy atom. The van der Waals surface area contributed by atoms with Crippen LogP contribution in [0.1, 0.15) is 11.4 Å². The van der Waals surface area contributed by atoms with Crippen molar-refractivity contribution in [3.8, 4) is 0 Å². The average molecular weight is 712 g/mol. The molecule has 8 nitrogen and oxygen atoms in total. The molecule has 0 bridgehead atoms. The fraction of sp³-hybridized carbons (Fsp3) is 0.292. The third-order valence-corrected chi connectivity index (χ3v) is 9.38. The predicted octanol–water partition coefficient (Wildman–Crippen LogP) is 4.18. The number of pyridine rings is 1. The number of carbonyl (C=O) groups excluding carboxylic acids is 2. The van der Waals surface area contributed by atoms with Gasteiger partial charge in [-0.25, -0.2) is 9.97 Å². The molecule has 0 spiro atoms. The number of benzene rings is 1. The van der Waals surface area contributed by atoms with Crippen LogP contribution >= 0.6 is 56.9 Å². The van der Waals surface area contributed by atoms with E-state index < -0.39 is 0 Å². The lowest BCUT2D eigenvalue weighted by molar-refractivity contribution is -0.115. The number of fused-ring (bicyclic) bond motifs is 1. The number of nitrogens with one attached hydrogen (secondary N) is 2. The molecule has 3 aromatic rings. The van der Waals surface area contributed by atoms with Gasteiger partial charge in [-0.2, -0.15) is 0 Å². The minimum atomic E-state index is -0.382. The zero-order chi connectivity index (χ0) is 24.4. The molecule has 2 fully saturated rings. The number of para-hydroxylation sites is 1. The Labute approximate surface area is 234 Å². The average Bonchev–Trinajstić information content (AvgIpc) is 3.17. The molecule has 2 aliphatic rings. The summed E-state index contributed by atoms with van der Waals surface area (Å²) < 4.78 is 0.833. The highest BCUT2D eigenvalue weighted by Gasteiger charge is 2.35. The van der Waals surface area contributed by atoms with Gasteiger partial charge in [-0.3, -0.25) is 19.9 Å². The van der Waals surface area contributed by atoms with Gasteiger partial charge in [-0.15, -0.1) is 0 Å². The lowest BCUT2D eigenvalue weighted by Gasteiger charge is -2.39. The zero-order valence-electron chi connectivity index (χ0n) is 18.5. The summed E-state index contributed by atoms with van der Waals surface area (Å²) in [5, 5.41) is 6.68. The number of carbonyl (C=O) groups is 2. The number of hydrogen-bond acceptors (Lipinski definition) is 8. The number of thioether (sulfide) groups is 1. The second-order valence-corrected chi connectivity index (χ2v) is 12.6. The maximum absolute atomic E-state index is 11.8. The number of hydrogen-bond donors (Lipinski definition) is 2. The van der Waals surface area contributed by atoms with Crippen molar-refractivity contribution in [3.05, 3.63) is 65.0 Å². The van der Waals surface area contributed by atoms with Gasteiger partial charge in [0, 0.05) is 45.6 Å². The van der Waals surface area contributed by atoms with Crippen LogP contribution in [0.5, 0.6) is 0 Å². The summed E-state index contributed by atoms with van der Waals surface area (Å²) in [6.07, 6.45) is 3.33. The van der Waals surface area contributed by atoms with Gasteiger partial charge in [0.1, 0.15) is 0 Å². The molecule has 35 heavy (non-hydrogen) atoms. The molecule has 2 aliphatic heterocycles. The molecule has 0 saturated carbocycles. The van der Waals surface area contributed by atoms with Crippen molar-refractivity contribution < 1.29 is 9.59 Å². The first-order chi connectivity index (χ1) is 17.0. The Bertz CT molecular complexity index is 1290. The van der Waals surface area contributed by atoms with E-state index in [1.165, 1.54) is 0 Å². The number of rotatable bonds is 6. The van der Waals surface area contributed by atoms with Crippen molar-refractivity contribution in [1.29, 1.82) is 0 Å². The summed E-state index contributed by atoms with van der Waals surface area (Å²) in [6.45, 7) is 3.34. The smallest absolute Gasteiger partial charge is 0.290 e. The normalized spacial score (nSPS) is 23.8. The topological polar surface area (TPSA) is 100 Å². The van der Waals surface area contributed by atoms with Gasteiger partial charge in [0.25, 0.3) is 11.1 Å². The van der Waals surface area contributed by atoms with Gasteiger partial charge in [-0.1, -0.05) is 69.4 Å². The minimum Gasteiger partial charge on any atom is -0.339 e. The van der Waals surface area contributed by atoms with E-state index in [0.29, 0.717) is 30.3 Å². The van der Waals surface area contributed by atoms with Crippen molar-refractivity contribution in [2.75, 3.05) is 24.5 Å². The molecule has 2 amide bonds. The maximum atomic E-state index is 11.8. The van der Waals surface area contributed by atoms with E-state index in [-0.39, 0.29) is 11.1 Å². The van der Waals surface area contributed by atoms with Crippen molar-refractivity contribution in [1.82, 2.24) is 25.6 Å². The highest BCUT2D eigenvalue weighted by Crippen LogP contribution is 2.31. The molecule has 3 atom stereocenters. The van der Waals surface area contributed by atoms with Crippen molar-refractivity contribution in [2.45, 2.75) is 14.4 Å². The molecule has 2 aromatic heterocycles. The van der Waals surface area contributed by atoms with Crippen LogP contribution in [-0.4, -0.2) is 53.6 Å². The number of amides is 2. The first-order valence-electron chi connectivity index (χ1n) is 11.1. The molecule has 1 aromatic carbocycles. The Kier molecular flexibility index (Phi) is 7.84. The molecule has 4 heterocycles. The van der Waals surface area contributed by atoms with Crippen LogP contribution in [0.4, 0.5) is 10.7 Å². The van der Waals surface area contributed by atoms with Gasteiger partial charge >= 0.3 is 0 Å². The van der Waals surface area contributed by atoms with Crippen LogP contribution in [0.15, 0.2) is 53.6 Å². The fourth-order valence-corrected chi connectivity index (χ4v) is 8.06. The minimum absolute atomic E-state index is 0.351. The van der Waals surface area contributed by atoms with E-state index in [1.807, 2.05) is 18.2 Å². The molecule has 180 valence electrons. The summed E-state index contributed by atoms with van der Waals surface area (Å²) in [5.41, 5.74) is 2.69. The summed E-state index contributed by atoms with van der Waals surface area (Å²) in [5.74, 6) is 0.763. The molecule has 0 radical (unpaired) electrons. The third kappa shape index (κ3) is 5.94. The van der Waals surface area contributed by atoms with Gasteiger partial charge in [0.05, 0.1) is 21.8 Å². The van der Waals surface area contributed by atoms with E-state index in [2.05, 4.69) is 88.9 Å². The Hall–Kier alpha value is -1.84. The first kappa shape index (κ1) is 24.8. The van der Waals surface area contributed by atoms with Crippen molar-refractivity contribution in [2.24, 2.45) is 5.92 Å². The van der Waals surface area contributed by atoms with Crippen LogP contribution in [0, 0.1) is 5.92 Å². The van der Waals surface area contributed by atoms with E-state index in [4.69, 9.17) is 4.98 Å². The lowest BCUT2D eigenvalue weighted by atomic mass is 9.96. The number of piperidine rings is 1. The van der Waals surface area contributed by atoms with Crippen LogP contribution in [0.25, 0.3) is 17.0 Å². The van der Waals surface area contributed by atoms with Crippen LogP contribution in [-0.2, 0) is 11.3 Å². The maximum Gasteiger partial charge on any atom is 0.290 e. The monoisotopic (exact) mass is 712 g/mol. The predicted molar refractivity (Wildman–Crippen MR) is 156 cm³/mol. The number of anilines is 1. The molecular weight excluding hydrogens is 690 g/mol. The lowest BCUT2D eigenvalue weighted by Crippen LogP contribution is -2.51. The molecular formula is C24H22I2N6O2S. The number of halogens is 2. The second-order valence-electron chi connectivity index (χ2n) is 8.36. The van der Waals surface area contributed by atoms with Crippen molar-refractivity contribution in [3.63, 3.8) is 0 Å². The molecule has 2 N–H and O–H groups in total. The quantitative estimate of drug-likeness (QED) is 0.223. The standard InChI is InChI=1S/C24H22I2N6O2S/c25-18-12-32(23-28-8-7-15(30-23)9-21-22(33)31-24(34)35-21)13-19(26)17(18)11-27-10-16-6-5-14-3-1-2-4-20(14)29-16/h1-9,17-19,27H,10-13H2,(H,31,33,34)/b21-9-/t17?,18-,19+. The van der Waals surface area contributed by atoms with Crippen LogP contribution < -0.4 is 15.5 Å². The highest BCUT2D eigenvalue weighted by atomic mass is 127. The van der Waals surface area contributed by atoms with E-state index in [1.54, 1.807) is 18.3 Å². The summed E-state index contributed by atoms with van der Waals surface area (Å²) >= 11 is 5.96. The van der Waals surface area contributed by atoms with Gasteiger partial charge in [0.15, 0.2) is 0 Å². The molecule has 1 unspecified atom stereocenters. The largest absolute Gasteiger partial charge is 0.339 e. The fourth-order valence-electron chi connectivity index (χ4n) is 4.14. The Morgan fingerprint density at radius 3 is 2.66 bits per heavy atom. The van der Waals surface area contributed by atoms with E-state index in [0.717, 1.165) is 54.5 Å². The SMILES string of the molecule is O=C1NC(=O)/C(=C/c2ccnc(N3C[C@@H](I)C(CNCc4ccc5ccccc5n4)[C@@H](I)C3)n2)S1. The third-order valence-electron chi connectivity index (χ3n) is 5.93. The van der Waals surface area contributed by atoms with Gasteiger partial charge in [-0.05, 0) is 42.0 Å². The molecule has 5 rings (SSSR count). The molecule has 2 saturated heterocycles. The molecule has 0 aliphatic carbocycles. The number of aromatic nitrogens is 3. The van der Waals surface area contributed by atoms with E-state index >= 15 is 0 Å². The Balaban J connectivity index is 1.19. The summed E-state index contributed by atoms with van der Waals surface area (Å²) in [7, 11) is 0. The summed E-state index contributed by atoms with van der Waals surface area (Å²) in [6, 6.07) is 14.1. The van der Waals surface area contributed by atoms with Crippen LogP contribution in [0.2, 0.25) is 0 Å². The second kappa shape index (κ2) is 11.0. The zero-order valence-corrected chi connectivity index (χ0v) is 23.7. The van der Waals surface area contributed by atoms with Crippen LogP contribution in [0.3, 0.4) is 0 Å².